The van der Waals surface area contributed by atoms with E-state index in [0.717, 1.165) is 25.9 Å². The van der Waals surface area contributed by atoms with E-state index in [-0.39, 0.29) is 0 Å². The second-order valence-corrected chi connectivity index (χ2v) is 2.57. The van der Waals surface area contributed by atoms with Gasteiger partial charge in [0.25, 0.3) is 0 Å². The third kappa shape index (κ3) is 0.897. The fraction of sp³-hybridized carbons (Fsp3) is 0.500. The molecule has 0 atom stereocenters. The van der Waals surface area contributed by atoms with Crippen molar-refractivity contribution in [1.29, 1.82) is 0 Å². The van der Waals surface area contributed by atoms with Gasteiger partial charge in [0.15, 0.2) is 0 Å². The largest absolute Gasteiger partial charge is 0.291 e. The van der Waals surface area contributed by atoms with Crippen molar-refractivity contribution in [3.05, 3.63) is 11.6 Å². The van der Waals surface area contributed by atoms with Crippen LogP contribution in [0.3, 0.4) is 0 Å². The van der Waals surface area contributed by atoms with E-state index in [1.807, 2.05) is 6.21 Å². The van der Waals surface area contributed by atoms with Crippen molar-refractivity contribution in [2.24, 2.45) is 9.98 Å². The highest BCUT2D eigenvalue weighted by Crippen LogP contribution is 2.13. The van der Waals surface area contributed by atoms with Gasteiger partial charge in [-0.2, -0.15) is 0 Å². The van der Waals surface area contributed by atoms with Crippen LogP contribution in [0.5, 0.6) is 0 Å². The quantitative estimate of drug-likeness (QED) is 0.476. The summed E-state index contributed by atoms with van der Waals surface area (Å²) in [4.78, 5) is 8.55. The fourth-order valence-corrected chi connectivity index (χ4v) is 1.32. The Morgan fingerprint density at radius 3 is 3.30 bits per heavy atom. The summed E-state index contributed by atoms with van der Waals surface area (Å²) in [5.74, 6) is 0. The molecule has 0 amide bonds. The van der Waals surface area contributed by atoms with Gasteiger partial charge in [0.1, 0.15) is 0 Å². The first kappa shape index (κ1) is 5.83. The average molecular weight is 134 g/mol. The Morgan fingerprint density at radius 1 is 1.40 bits per heavy atom. The molecule has 0 spiro atoms. The van der Waals surface area contributed by atoms with Crippen molar-refractivity contribution in [3.63, 3.8) is 0 Å². The van der Waals surface area contributed by atoms with Gasteiger partial charge in [-0.15, -0.1) is 0 Å². The summed E-state index contributed by atoms with van der Waals surface area (Å²) >= 11 is 0. The lowest BCUT2D eigenvalue weighted by molar-refractivity contribution is 0.955. The SMILES string of the molecule is C1=NCC2=NCCC=C2C1. The number of dihydropyridines is 1. The lowest BCUT2D eigenvalue weighted by Gasteiger charge is -2.14. The Bertz CT molecular complexity index is 199. The van der Waals surface area contributed by atoms with Crippen LogP contribution in [0.2, 0.25) is 0 Å². The number of hydrogen-bond acceptors (Lipinski definition) is 2. The van der Waals surface area contributed by atoms with Crippen molar-refractivity contribution in [1.82, 2.24) is 0 Å². The minimum Gasteiger partial charge on any atom is -0.291 e. The maximum absolute atomic E-state index is 4.39. The number of fused-ring (bicyclic) bond motifs is 1. The highest BCUT2D eigenvalue weighted by Gasteiger charge is 2.11. The molecule has 2 nitrogen and oxygen atoms in total. The van der Waals surface area contributed by atoms with Crippen molar-refractivity contribution < 1.29 is 0 Å². The standard InChI is InChI=1S/C8H10N2/c1-2-7-3-5-9-6-8(7)10-4-1/h2,5H,1,3-4,6H2. The third-order valence-electron chi connectivity index (χ3n) is 1.87. The molecule has 0 radical (unpaired) electrons. The Labute approximate surface area is 60.4 Å². The number of aliphatic imine (C=N–C) groups is 2. The molecule has 0 aromatic carbocycles. The molecule has 2 heterocycles. The lowest BCUT2D eigenvalue weighted by Crippen LogP contribution is -2.16. The van der Waals surface area contributed by atoms with Crippen LogP contribution < -0.4 is 0 Å². The predicted molar refractivity (Wildman–Crippen MR) is 43.0 cm³/mol. The van der Waals surface area contributed by atoms with Crippen LogP contribution in [0, 0.1) is 0 Å². The summed E-state index contributed by atoms with van der Waals surface area (Å²) in [6, 6.07) is 0. The lowest BCUT2D eigenvalue weighted by atomic mass is 10.0. The van der Waals surface area contributed by atoms with E-state index < -0.39 is 0 Å². The zero-order valence-corrected chi connectivity index (χ0v) is 5.88. The summed E-state index contributed by atoms with van der Waals surface area (Å²) in [5, 5.41) is 0. The molecule has 2 rings (SSSR count). The molecule has 0 aromatic heterocycles. The molecule has 2 heteroatoms. The predicted octanol–water partition coefficient (Wildman–Crippen LogP) is 1.23. The third-order valence-corrected chi connectivity index (χ3v) is 1.87. The molecular weight excluding hydrogens is 124 g/mol. The van der Waals surface area contributed by atoms with Crippen molar-refractivity contribution in [3.8, 4) is 0 Å². The zero-order valence-electron chi connectivity index (χ0n) is 5.88. The molecule has 0 bridgehead atoms. The Balaban J connectivity index is 2.30. The molecule has 52 valence electrons. The number of nitrogens with zero attached hydrogens (tertiary/aromatic N) is 2. The van der Waals surface area contributed by atoms with Crippen LogP contribution in [0.1, 0.15) is 12.8 Å². The first-order valence-corrected chi connectivity index (χ1v) is 3.68. The fourth-order valence-electron chi connectivity index (χ4n) is 1.32. The molecule has 0 saturated carbocycles. The number of rotatable bonds is 0. The molecule has 0 fully saturated rings. The van der Waals surface area contributed by atoms with Crippen LogP contribution >= 0.6 is 0 Å². The molecule has 0 unspecified atom stereocenters. The molecule has 0 saturated heterocycles. The van der Waals surface area contributed by atoms with Crippen LogP contribution in [0.4, 0.5) is 0 Å². The Morgan fingerprint density at radius 2 is 2.40 bits per heavy atom. The van der Waals surface area contributed by atoms with Gasteiger partial charge in [-0.25, -0.2) is 0 Å². The minimum absolute atomic E-state index is 0.811. The topological polar surface area (TPSA) is 24.7 Å². The van der Waals surface area contributed by atoms with Gasteiger partial charge < -0.3 is 0 Å². The van der Waals surface area contributed by atoms with Crippen molar-refractivity contribution in [2.75, 3.05) is 13.1 Å². The molecule has 0 aliphatic carbocycles. The molecule has 10 heavy (non-hydrogen) atoms. The number of hydrogen-bond donors (Lipinski definition) is 0. The summed E-state index contributed by atoms with van der Waals surface area (Å²) in [6.45, 7) is 1.78. The highest BCUT2D eigenvalue weighted by molar-refractivity contribution is 6.06. The molecule has 0 N–H and O–H groups in total. The van der Waals surface area contributed by atoms with E-state index in [1.165, 1.54) is 11.3 Å². The van der Waals surface area contributed by atoms with Crippen molar-refractivity contribution >= 4 is 11.9 Å². The van der Waals surface area contributed by atoms with Crippen molar-refractivity contribution in [2.45, 2.75) is 12.8 Å². The van der Waals surface area contributed by atoms with E-state index in [4.69, 9.17) is 0 Å². The Kier molecular flexibility index (Phi) is 1.38. The van der Waals surface area contributed by atoms with E-state index in [2.05, 4.69) is 16.1 Å². The van der Waals surface area contributed by atoms with Gasteiger partial charge in [-0.05, 0) is 12.0 Å². The summed E-state index contributed by atoms with van der Waals surface area (Å²) in [5.41, 5.74) is 2.62. The summed E-state index contributed by atoms with van der Waals surface area (Å²) < 4.78 is 0. The second kappa shape index (κ2) is 2.37. The Hall–Kier alpha value is -0.920. The summed E-state index contributed by atoms with van der Waals surface area (Å²) in [6.07, 6.45) is 6.38. The second-order valence-electron chi connectivity index (χ2n) is 2.57. The smallest absolute Gasteiger partial charge is 0.0806 e. The molecular formula is C8H10N2. The minimum atomic E-state index is 0.811. The molecule has 2 aliphatic rings. The van der Waals surface area contributed by atoms with Gasteiger partial charge in [0.05, 0.1) is 12.3 Å². The monoisotopic (exact) mass is 134 g/mol. The first-order valence-electron chi connectivity index (χ1n) is 3.68. The van der Waals surface area contributed by atoms with Gasteiger partial charge >= 0.3 is 0 Å². The molecule has 0 aromatic rings. The van der Waals surface area contributed by atoms with E-state index >= 15 is 0 Å². The summed E-state index contributed by atoms with van der Waals surface area (Å²) in [7, 11) is 0. The van der Waals surface area contributed by atoms with Gasteiger partial charge in [0, 0.05) is 19.2 Å². The normalized spacial score (nSPS) is 23.2. The average Bonchev–Trinajstić information content (AvgIpc) is 2.05. The highest BCUT2D eigenvalue weighted by atomic mass is 14.8. The van der Waals surface area contributed by atoms with E-state index in [0.29, 0.717) is 0 Å². The van der Waals surface area contributed by atoms with Crippen LogP contribution in [0.25, 0.3) is 0 Å². The van der Waals surface area contributed by atoms with Crippen LogP contribution in [0.15, 0.2) is 21.6 Å². The molecule has 2 aliphatic heterocycles. The van der Waals surface area contributed by atoms with Crippen LogP contribution in [-0.2, 0) is 0 Å². The zero-order chi connectivity index (χ0) is 6.81. The maximum Gasteiger partial charge on any atom is 0.0806 e. The maximum atomic E-state index is 4.39. The van der Waals surface area contributed by atoms with E-state index in [1.54, 1.807) is 0 Å². The van der Waals surface area contributed by atoms with Gasteiger partial charge in [-0.1, -0.05) is 6.08 Å². The first-order chi connectivity index (χ1) is 4.97. The van der Waals surface area contributed by atoms with Gasteiger partial charge in [0.2, 0.25) is 0 Å². The van der Waals surface area contributed by atoms with Gasteiger partial charge in [-0.3, -0.25) is 9.98 Å². The van der Waals surface area contributed by atoms with E-state index in [9.17, 15) is 0 Å². The van der Waals surface area contributed by atoms with Crippen LogP contribution in [-0.4, -0.2) is 25.0 Å².